The van der Waals surface area contributed by atoms with Crippen molar-refractivity contribution in [1.29, 1.82) is 0 Å². The molecule has 8 heteroatoms. The van der Waals surface area contributed by atoms with Gasteiger partial charge in [0.2, 0.25) is 5.91 Å². The molecule has 0 bridgehead atoms. The van der Waals surface area contributed by atoms with Crippen molar-refractivity contribution in [3.63, 3.8) is 0 Å². The van der Waals surface area contributed by atoms with Gasteiger partial charge in [0.15, 0.2) is 0 Å². The average Bonchev–Trinajstić information content (AvgIpc) is 2.56. The number of hydrogen-bond acceptors (Lipinski definition) is 5. The van der Waals surface area contributed by atoms with Gasteiger partial charge in [-0.2, -0.15) is 0 Å². The van der Waals surface area contributed by atoms with Gasteiger partial charge in [-0.15, -0.1) is 12.4 Å². The van der Waals surface area contributed by atoms with Crippen LogP contribution < -0.4 is 16.0 Å². The van der Waals surface area contributed by atoms with Gasteiger partial charge in [-0.3, -0.25) is 14.9 Å². The van der Waals surface area contributed by atoms with E-state index >= 15 is 0 Å². The van der Waals surface area contributed by atoms with Crippen LogP contribution in [0.1, 0.15) is 38.2 Å². The van der Waals surface area contributed by atoms with Crippen LogP contribution in [0.15, 0.2) is 18.2 Å². The third-order valence-electron chi connectivity index (χ3n) is 4.42. The molecule has 0 saturated carbocycles. The molecule has 7 nitrogen and oxygen atoms in total. The highest BCUT2D eigenvalue weighted by Gasteiger charge is 2.33. The first-order valence-electron chi connectivity index (χ1n) is 8.45. The number of piperidine rings is 1. The van der Waals surface area contributed by atoms with Crippen molar-refractivity contribution in [3.8, 4) is 0 Å². The Kier molecular flexibility index (Phi) is 8.12. The maximum atomic E-state index is 12.3. The van der Waals surface area contributed by atoms with Crippen LogP contribution >= 0.6 is 12.4 Å². The quantitative estimate of drug-likeness (QED) is 0.389. The Morgan fingerprint density at radius 1 is 1.36 bits per heavy atom. The van der Waals surface area contributed by atoms with Gasteiger partial charge in [0.1, 0.15) is 5.69 Å². The van der Waals surface area contributed by atoms with E-state index in [0.717, 1.165) is 31.4 Å². The van der Waals surface area contributed by atoms with Crippen LogP contribution in [0.3, 0.4) is 0 Å². The van der Waals surface area contributed by atoms with E-state index in [0.29, 0.717) is 25.2 Å². The summed E-state index contributed by atoms with van der Waals surface area (Å²) >= 11 is 0. The molecule has 140 valence electrons. The fourth-order valence-corrected chi connectivity index (χ4v) is 2.90. The smallest absolute Gasteiger partial charge is 0.292 e. The number of amides is 1. The van der Waals surface area contributed by atoms with Crippen LogP contribution in [0.4, 0.5) is 11.4 Å². The highest BCUT2D eigenvalue weighted by molar-refractivity contribution is 5.86. The minimum absolute atomic E-state index is 0. The number of hydrogen-bond donors (Lipinski definition) is 3. The Morgan fingerprint density at radius 3 is 2.76 bits per heavy atom. The number of nitrogens with one attached hydrogen (secondary N) is 3. The zero-order valence-electron chi connectivity index (χ0n) is 14.8. The van der Waals surface area contributed by atoms with E-state index in [-0.39, 0.29) is 28.9 Å². The van der Waals surface area contributed by atoms with Crippen LogP contribution in [0.2, 0.25) is 0 Å². The van der Waals surface area contributed by atoms with E-state index in [1.807, 2.05) is 19.9 Å². The Hall–Kier alpha value is -1.86. The van der Waals surface area contributed by atoms with Crippen LogP contribution in [0, 0.1) is 17.0 Å². The van der Waals surface area contributed by atoms with Crippen molar-refractivity contribution in [3.05, 3.63) is 33.9 Å². The minimum atomic E-state index is -0.471. The number of halogens is 1. The van der Waals surface area contributed by atoms with E-state index < -0.39 is 5.54 Å². The lowest BCUT2D eigenvalue weighted by Gasteiger charge is -2.33. The molecule has 1 atom stereocenters. The lowest BCUT2D eigenvalue weighted by Crippen LogP contribution is -2.57. The molecular formula is C17H27ClN4O3. The fourth-order valence-electron chi connectivity index (χ4n) is 2.90. The van der Waals surface area contributed by atoms with Crippen LogP contribution in [-0.2, 0) is 4.79 Å². The normalized spacial score (nSPS) is 19.6. The molecule has 0 aromatic heterocycles. The third-order valence-corrected chi connectivity index (χ3v) is 4.42. The topological polar surface area (TPSA) is 96.3 Å². The fraction of sp³-hybridized carbons (Fsp3) is 0.588. The standard InChI is InChI=1S/C17H26N4O3.ClH/c1-13-6-7-14(15(12-13)21(23)24)18-9-5-10-19-16(22)17(2)8-3-4-11-20-17;/h6-7,12,18,20H,3-5,8-11H2,1-2H3,(H,19,22);1H. The molecule has 2 rings (SSSR count). The molecule has 1 unspecified atom stereocenters. The van der Waals surface area contributed by atoms with Crippen molar-refractivity contribution in [1.82, 2.24) is 10.6 Å². The Bertz CT molecular complexity index is 604. The summed E-state index contributed by atoms with van der Waals surface area (Å²) in [4.78, 5) is 22.9. The second-order valence-corrected chi connectivity index (χ2v) is 6.53. The van der Waals surface area contributed by atoms with Crippen molar-refractivity contribution in [2.45, 2.75) is 45.1 Å². The number of nitro groups is 1. The van der Waals surface area contributed by atoms with Gasteiger partial charge in [0.05, 0.1) is 10.5 Å². The Balaban J connectivity index is 0.00000312. The number of rotatable bonds is 7. The highest BCUT2D eigenvalue weighted by Crippen LogP contribution is 2.25. The molecule has 1 aromatic rings. The van der Waals surface area contributed by atoms with Gasteiger partial charge >= 0.3 is 0 Å². The Morgan fingerprint density at radius 2 is 2.12 bits per heavy atom. The predicted octanol–water partition coefficient (Wildman–Crippen LogP) is 2.78. The van der Waals surface area contributed by atoms with Gasteiger partial charge in [0.25, 0.3) is 5.69 Å². The number of carbonyl (C=O) groups is 1. The van der Waals surface area contributed by atoms with Crippen molar-refractivity contribution in [2.75, 3.05) is 25.0 Å². The average molecular weight is 371 g/mol. The maximum absolute atomic E-state index is 12.3. The lowest BCUT2D eigenvalue weighted by molar-refractivity contribution is -0.384. The summed E-state index contributed by atoms with van der Waals surface area (Å²) in [6.07, 6.45) is 3.73. The summed E-state index contributed by atoms with van der Waals surface area (Å²) in [5.41, 5.74) is 0.977. The number of nitrogens with zero attached hydrogens (tertiary/aromatic N) is 1. The molecule has 0 spiro atoms. The molecule has 3 N–H and O–H groups in total. The largest absolute Gasteiger partial charge is 0.379 e. The van der Waals surface area contributed by atoms with Crippen LogP contribution in [0.5, 0.6) is 0 Å². The lowest BCUT2D eigenvalue weighted by atomic mass is 9.90. The maximum Gasteiger partial charge on any atom is 0.292 e. The molecular weight excluding hydrogens is 344 g/mol. The minimum Gasteiger partial charge on any atom is -0.379 e. The van der Waals surface area contributed by atoms with Gasteiger partial charge < -0.3 is 16.0 Å². The summed E-state index contributed by atoms with van der Waals surface area (Å²) < 4.78 is 0. The molecule has 1 aromatic carbocycles. The summed E-state index contributed by atoms with van der Waals surface area (Å²) in [5.74, 6) is 0.0310. The molecule has 0 aliphatic carbocycles. The van der Waals surface area contributed by atoms with E-state index in [1.54, 1.807) is 12.1 Å². The zero-order chi connectivity index (χ0) is 17.6. The first-order valence-corrected chi connectivity index (χ1v) is 8.45. The monoisotopic (exact) mass is 370 g/mol. The molecule has 1 aliphatic rings. The molecule has 1 aliphatic heterocycles. The van der Waals surface area contributed by atoms with E-state index in [4.69, 9.17) is 0 Å². The second kappa shape index (κ2) is 9.58. The highest BCUT2D eigenvalue weighted by atomic mass is 35.5. The van der Waals surface area contributed by atoms with Crippen molar-refractivity contribution >= 4 is 29.7 Å². The molecule has 1 fully saturated rings. The SMILES string of the molecule is Cc1ccc(NCCCNC(=O)C2(C)CCCCN2)c([N+](=O)[O-])c1.Cl. The van der Waals surface area contributed by atoms with Crippen molar-refractivity contribution in [2.24, 2.45) is 0 Å². The van der Waals surface area contributed by atoms with Gasteiger partial charge in [-0.25, -0.2) is 0 Å². The predicted molar refractivity (Wildman–Crippen MR) is 101 cm³/mol. The number of carbonyl (C=O) groups excluding carboxylic acids is 1. The molecule has 1 saturated heterocycles. The van der Waals surface area contributed by atoms with Gasteiger partial charge in [-0.1, -0.05) is 6.07 Å². The van der Waals surface area contributed by atoms with Crippen LogP contribution in [0.25, 0.3) is 0 Å². The Labute approximate surface area is 154 Å². The molecule has 1 heterocycles. The summed E-state index contributed by atoms with van der Waals surface area (Å²) in [6, 6.07) is 5.12. The molecule has 25 heavy (non-hydrogen) atoms. The molecule has 0 radical (unpaired) electrons. The van der Waals surface area contributed by atoms with Gasteiger partial charge in [0, 0.05) is 19.2 Å². The molecule has 1 amide bonds. The summed E-state index contributed by atoms with van der Waals surface area (Å²) in [5, 5.41) is 20.4. The number of aryl methyl sites for hydroxylation is 1. The zero-order valence-corrected chi connectivity index (χ0v) is 15.6. The summed E-state index contributed by atoms with van der Waals surface area (Å²) in [7, 11) is 0. The first kappa shape index (κ1) is 21.2. The van der Waals surface area contributed by atoms with E-state index in [9.17, 15) is 14.9 Å². The number of anilines is 1. The first-order chi connectivity index (χ1) is 11.4. The van der Waals surface area contributed by atoms with Gasteiger partial charge in [-0.05, 0) is 57.7 Å². The van der Waals surface area contributed by atoms with E-state index in [2.05, 4.69) is 16.0 Å². The summed E-state index contributed by atoms with van der Waals surface area (Å²) in [6.45, 7) is 5.75. The van der Waals surface area contributed by atoms with E-state index in [1.165, 1.54) is 0 Å². The third kappa shape index (κ3) is 5.86. The second-order valence-electron chi connectivity index (χ2n) is 6.53. The number of benzene rings is 1. The number of nitro benzene ring substituents is 1. The van der Waals surface area contributed by atoms with Crippen molar-refractivity contribution < 1.29 is 9.72 Å². The van der Waals surface area contributed by atoms with Crippen LogP contribution in [-0.4, -0.2) is 36.0 Å².